The number of fused-ring (bicyclic) bond motifs is 2. The van der Waals surface area contributed by atoms with Crippen molar-refractivity contribution in [3.63, 3.8) is 0 Å². The number of carbonyl (C=O) groups excluding carboxylic acids is 1. The average molecular weight is 380 g/mol. The number of methoxy groups -OCH3 is 2. The zero-order valence-corrected chi connectivity index (χ0v) is 16.7. The Bertz CT molecular complexity index is 789. The molecule has 0 amide bonds. The quantitative estimate of drug-likeness (QED) is 0.520. The second kappa shape index (κ2) is 8.56. The standard InChI is InChI=1S/C24H29NO3/c1-27-24(28-2)22-11-7-6-10-21(22)23(26)18-14-19-12-13-20(15-18)25(19)16-17-8-4-3-5-9-17/h3-11,18-20,24H,12-16H2,1-2H3. The zero-order chi connectivity index (χ0) is 19.5. The molecule has 2 heterocycles. The van der Waals surface area contributed by atoms with Gasteiger partial charge in [-0.3, -0.25) is 9.69 Å². The van der Waals surface area contributed by atoms with Crippen LogP contribution >= 0.6 is 0 Å². The van der Waals surface area contributed by atoms with Gasteiger partial charge in [0, 0.05) is 49.9 Å². The summed E-state index contributed by atoms with van der Waals surface area (Å²) in [5, 5.41) is 0. The summed E-state index contributed by atoms with van der Waals surface area (Å²) in [5.41, 5.74) is 2.94. The van der Waals surface area contributed by atoms with E-state index in [4.69, 9.17) is 9.47 Å². The summed E-state index contributed by atoms with van der Waals surface area (Å²) in [6.45, 7) is 0.989. The van der Waals surface area contributed by atoms with Gasteiger partial charge in [0.25, 0.3) is 0 Å². The lowest BCUT2D eigenvalue weighted by atomic mass is 9.83. The number of Topliss-reactive ketones (excluding diaryl/α,β-unsaturated/α-hetero) is 1. The minimum absolute atomic E-state index is 0.0834. The van der Waals surface area contributed by atoms with E-state index in [1.165, 1.54) is 18.4 Å². The molecule has 2 aliphatic heterocycles. The highest BCUT2D eigenvalue weighted by atomic mass is 16.7. The molecule has 2 aromatic rings. The van der Waals surface area contributed by atoms with Gasteiger partial charge in [-0.15, -0.1) is 0 Å². The number of piperidine rings is 1. The van der Waals surface area contributed by atoms with Gasteiger partial charge >= 0.3 is 0 Å². The van der Waals surface area contributed by atoms with Gasteiger partial charge < -0.3 is 9.47 Å². The first-order valence-corrected chi connectivity index (χ1v) is 10.2. The molecule has 0 N–H and O–H groups in total. The third kappa shape index (κ3) is 3.77. The van der Waals surface area contributed by atoms with E-state index in [1.54, 1.807) is 14.2 Å². The van der Waals surface area contributed by atoms with E-state index in [1.807, 2.05) is 24.3 Å². The summed E-state index contributed by atoms with van der Waals surface area (Å²) in [7, 11) is 3.22. The van der Waals surface area contributed by atoms with Crippen LogP contribution in [0.4, 0.5) is 0 Å². The Morgan fingerprint density at radius 2 is 1.57 bits per heavy atom. The van der Waals surface area contributed by atoms with Crippen molar-refractivity contribution in [3.8, 4) is 0 Å². The third-order valence-corrected chi connectivity index (χ3v) is 6.37. The molecule has 4 nitrogen and oxygen atoms in total. The van der Waals surface area contributed by atoms with Crippen LogP contribution in [0, 0.1) is 5.92 Å². The second-order valence-electron chi connectivity index (χ2n) is 7.97. The van der Waals surface area contributed by atoms with Gasteiger partial charge in [-0.2, -0.15) is 0 Å². The molecule has 2 bridgehead atoms. The van der Waals surface area contributed by atoms with Crippen LogP contribution in [0.2, 0.25) is 0 Å². The van der Waals surface area contributed by atoms with Crippen molar-refractivity contribution in [3.05, 3.63) is 71.3 Å². The highest BCUT2D eigenvalue weighted by molar-refractivity contribution is 5.99. The molecule has 2 atom stereocenters. The molecular weight excluding hydrogens is 350 g/mol. The second-order valence-corrected chi connectivity index (χ2v) is 7.97. The average Bonchev–Trinajstić information content (AvgIpc) is 2.97. The van der Waals surface area contributed by atoms with Crippen LogP contribution in [0.1, 0.15) is 53.5 Å². The van der Waals surface area contributed by atoms with E-state index in [-0.39, 0.29) is 11.7 Å². The molecule has 0 spiro atoms. The monoisotopic (exact) mass is 379 g/mol. The Balaban J connectivity index is 1.50. The topological polar surface area (TPSA) is 38.8 Å². The molecule has 2 unspecified atom stereocenters. The van der Waals surface area contributed by atoms with Crippen molar-refractivity contribution in [1.82, 2.24) is 4.90 Å². The van der Waals surface area contributed by atoms with E-state index >= 15 is 0 Å². The van der Waals surface area contributed by atoms with Gasteiger partial charge in [0.05, 0.1) is 0 Å². The first kappa shape index (κ1) is 19.3. The van der Waals surface area contributed by atoms with E-state index in [9.17, 15) is 4.79 Å². The fourth-order valence-electron chi connectivity index (χ4n) is 5.04. The lowest BCUT2D eigenvalue weighted by Crippen LogP contribution is -2.44. The fraction of sp³-hybridized carbons (Fsp3) is 0.458. The Morgan fingerprint density at radius 3 is 2.21 bits per heavy atom. The van der Waals surface area contributed by atoms with Gasteiger partial charge in [-0.05, 0) is 31.2 Å². The maximum atomic E-state index is 13.4. The summed E-state index contributed by atoms with van der Waals surface area (Å²) in [6.07, 6.45) is 3.78. The smallest absolute Gasteiger partial charge is 0.183 e. The summed E-state index contributed by atoms with van der Waals surface area (Å²) in [5.74, 6) is 0.325. The van der Waals surface area contributed by atoms with Gasteiger partial charge in [0.15, 0.2) is 12.1 Å². The highest BCUT2D eigenvalue weighted by Crippen LogP contribution is 2.41. The van der Waals surface area contributed by atoms with Crippen molar-refractivity contribution >= 4 is 5.78 Å². The molecule has 2 aliphatic rings. The molecule has 4 rings (SSSR count). The summed E-state index contributed by atoms with van der Waals surface area (Å²) < 4.78 is 10.8. The number of ketones is 1. The minimum atomic E-state index is -0.505. The van der Waals surface area contributed by atoms with Crippen molar-refractivity contribution in [2.24, 2.45) is 5.92 Å². The molecule has 0 aromatic heterocycles. The number of ether oxygens (including phenoxy) is 2. The fourth-order valence-corrected chi connectivity index (χ4v) is 5.04. The lowest BCUT2D eigenvalue weighted by molar-refractivity contribution is -0.106. The SMILES string of the molecule is COC(OC)c1ccccc1C(=O)C1CC2CCC(C1)N2Cc1ccccc1. The van der Waals surface area contributed by atoms with Crippen molar-refractivity contribution in [2.45, 2.75) is 50.6 Å². The van der Waals surface area contributed by atoms with Crippen LogP contribution in [-0.2, 0) is 16.0 Å². The van der Waals surface area contributed by atoms with E-state index in [2.05, 4.69) is 35.2 Å². The molecule has 0 radical (unpaired) electrons. The van der Waals surface area contributed by atoms with Crippen LogP contribution in [0.5, 0.6) is 0 Å². The summed E-state index contributed by atoms with van der Waals surface area (Å²) in [6, 6.07) is 19.4. The van der Waals surface area contributed by atoms with Crippen LogP contribution in [-0.4, -0.2) is 37.0 Å². The number of hydrogen-bond donors (Lipinski definition) is 0. The molecule has 0 saturated carbocycles. The van der Waals surface area contributed by atoms with Gasteiger partial charge in [-0.1, -0.05) is 54.6 Å². The number of benzene rings is 2. The Kier molecular flexibility index (Phi) is 5.90. The predicted molar refractivity (Wildman–Crippen MR) is 109 cm³/mol. The number of rotatable bonds is 7. The van der Waals surface area contributed by atoms with Crippen molar-refractivity contribution < 1.29 is 14.3 Å². The Morgan fingerprint density at radius 1 is 0.964 bits per heavy atom. The normalized spacial score (nSPS) is 24.6. The number of carbonyl (C=O) groups is 1. The first-order chi connectivity index (χ1) is 13.7. The number of hydrogen-bond acceptors (Lipinski definition) is 4. The molecule has 0 aliphatic carbocycles. The first-order valence-electron chi connectivity index (χ1n) is 10.2. The zero-order valence-electron chi connectivity index (χ0n) is 16.7. The van der Waals surface area contributed by atoms with Crippen molar-refractivity contribution in [2.75, 3.05) is 14.2 Å². The van der Waals surface area contributed by atoms with Gasteiger partial charge in [0.2, 0.25) is 0 Å². The number of nitrogens with zero attached hydrogens (tertiary/aromatic N) is 1. The molecule has 2 fully saturated rings. The Hall–Kier alpha value is -2.01. The van der Waals surface area contributed by atoms with E-state index < -0.39 is 6.29 Å². The highest BCUT2D eigenvalue weighted by Gasteiger charge is 2.43. The molecule has 4 heteroatoms. The molecule has 2 saturated heterocycles. The van der Waals surface area contributed by atoms with Crippen LogP contribution in [0.15, 0.2) is 54.6 Å². The minimum Gasteiger partial charge on any atom is -0.352 e. The van der Waals surface area contributed by atoms with E-state index in [0.717, 1.165) is 30.5 Å². The summed E-state index contributed by atoms with van der Waals surface area (Å²) in [4.78, 5) is 16.0. The van der Waals surface area contributed by atoms with Crippen LogP contribution in [0.3, 0.4) is 0 Å². The lowest BCUT2D eigenvalue weighted by Gasteiger charge is -2.38. The maximum absolute atomic E-state index is 13.4. The summed E-state index contributed by atoms with van der Waals surface area (Å²) >= 11 is 0. The molecule has 148 valence electrons. The Labute approximate surface area is 167 Å². The van der Waals surface area contributed by atoms with Crippen LogP contribution in [0.25, 0.3) is 0 Å². The van der Waals surface area contributed by atoms with Gasteiger partial charge in [0.1, 0.15) is 0 Å². The van der Waals surface area contributed by atoms with Gasteiger partial charge in [-0.25, -0.2) is 0 Å². The molecular formula is C24H29NO3. The third-order valence-electron chi connectivity index (χ3n) is 6.37. The van der Waals surface area contributed by atoms with E-state index in [0.29, 0.717) is 12.1 Å². The maximum Gasteiger partial charge on any atom is 0.183 e. The molecule has 28 heavy (non-hydrogen) atoms. The van der Waals surface area contributed by atoms with Crippen molar-refractivity contribution in [1.29, 1.82) is 0 Å². The van der Waals surface area contributed by atoms with Crippen LogP contribution < -0.4 is 0 Å². The largest absolute Gasteiger partial charge is 0.352 e. The molecule has 2 aromatic carbocycles. The predicted octanol–water partition coefficient (Wildman–Crippen LogP) is 4.60.